The molecular formula is C9H16N2Y-2. The zero-order valence-electron chi connectivity index (χ0n) is 7.95. The molecule has 0 aromatic carbocycles. The van der Waals surface area contributed by atoms with Gasteiger partial charge in [-0.2, -0.15) is 0 Å². The third kappa shape index (κ3) is 4.00. The van der Waals surface area contributed by atoms with Crippen LogP contribution in [0.1, 0.15) is 20.3 Å². The summed E-state index contributed by atoms with van der Waals surface area (Å²) in [6.45, 7) is 10.4. The van der Waals surface area contributed by atoms with Crippen molar-refractivity contribution in [3.05, 3.63) is 6.92 Å². The molecule has 3 heteroatoms. The van der Waals surface area contributed by atoms with Crippen LogP contribution in [0, 0.1) is 12.8 Å². The van der Waals surface area contributed by atoms with Crippen molar-refractivity contribution in [3.63, 3.8) is 0 Å². The van der Waals surface area contributed by atoms with Crippen molar-refractivity contribution in [2.45, 2.75) is 26.3 Å². The summed E-state index contributed by atoms with van der Waals surface area (Å²) in [5.74, 6) is 0.708. The molecule has 1 aliphatic rings. The summed E-state index contributed by atoms with van der Waals surface area (Å²) in [6.07, 6.45) is 4.09. The molecule has 0 aliphatic carbocycles. The Labute approximate surface area is 101 Å². The van der Waals surface area contributed by atoms with Crippen molar-refractivity contribution in [1.82, 2.24) is 4.90 Å². The van der Waals surface area contributed by atoms with Crippen LogP contribution in [0.5, 0.6) is 0 Å². The van der Waals surface area contributed by atoms with E-state index in [0.717, 1.165) is 19.5 Å². The fourth-order valence-electron chi connectivity index (χ4n) is 1.28. The summed E-state index contributed by atoms with van der Waals surface area (Å²) in [5.41, 5.74) is 0. The molecule has 0 aromatic rings. The van der Waals surface area contributed by atoms with E-state index in [0.29, 0.717) is 12.0 Å². The first-order valence-corrected chi connectivity index (χ1v) is 4.22. The van der Waals surface area contributed by atoms with Gasteiger partial charge in [0.15, 0.2) is 0 Å². The smallest absolute Gasteiger partial charge is 0.0165 e. The van der Waals surface area contributed by atoms with Gasteiger partial charge in [0.05, 0.1) is 0 Å². The van der Waals surface area contributed by atoms with Gasteiger partial charge in [-0.15, -0.1) is 6.04 Å². The topological polar surface area (TPSA) is 15.6 Å². The van der Waals surface area contributed by atoms with Crippen LogP contribution in [0.25, 0.3) is 0 Å². The zero-order chi connectivity index (χ0) is 8.27. The first-order valence-electron chi connectivity index (χ1n) is 4.22. The van der Waals surface area contributed by atoms with E-state index in [9.17, 15) is 0 Å². The van der Waals surface area contributed by atoms with Gasteiger partial charge in [0.2, 0.25) is 0 Å². The minimum Gasteiger partial charge on any atom is -0.558 e. The molecule has 1 aliphatic heterocycles. The minimum atomic E-state index is 0. The van der Waals surface area contributed by atoms with Gasteiger partial charge in [-0.1, -0.05) is 20.3 Å². The third-order valence-corrected chi connectivity index (χ3v) is 1.84. The van der Waals surface area contributed by atoms with Crippen LogP contribution in [-0.2, 0) is 32.7 Å². The normalized spacial score (nSPS) is 18.2. The average molecular weight is 241 g/mol. The molecule has 67 valence electrons. The summed E-state index contributed by atoms with van der Waals surface area (Å²) in [4.78, 5) is 6.13. The van der Waals surface area contributed by atoms with E-state index in [-0.39, 0.29) is 32.7 Å². The fraction of sp³-hybridized carbons (Fsp3) is 0.778. The second kappa shape index (κ2) is 6.09. The molecule has 0 saturated carbocycles. The molecule has 1 unspecified atom stereocenters. The Balaban J connectivity index is 0.00000121. The zero-order valence-corrected chi connectivity index (χ0v) is 10.8. The monoisotopic (exact) mass is 241 g/mol. The van der Waals surface area contributed by atoms with Gasteiger partial charge >= 0.3 is 0 Å². The van der Waals surface area contributed by atoms with Gasteiger partial charge in [-0.25, -0.2) is 0 Å². The summed E-state index contributed by atoms with van der Waals surface area (Å²) < 4.78 is 0. The SMILES string of the molecule is [CH2-]C(CC(C)C)N1[C-]=NCC1.[Y]. The summed E-state index contributed by atoms with van der Waals surface area (Å²) in [5, 5.41) is 0. The van der Waals surface area contributed by atoms with Gasteiger partial charge in [0.25, 0.3) is 0 Å². The third-order valence-electron chi connectivity index (χ3n) is 1.84. The molecule has 1 radical (unpaired) electrons. The molecule has 0 aromatic heterocycles. The second-order valence-corrected chi connectivity index (χ2v) is 3.46. The molecular weight excluding hydrogens is 225 g/mol. The molecule has 0 fully saturated rings. The fourth-order valence-corrected chi connectivity index (χ4v) is 1.28. The van der Waals surface area contributed by atoms with E-state index in [4.69, 9.17) is 0 Å². The number of hydrogen-bond donors (Lipinski definition) is 0. The predicted octanol–water partition coefficient (Wildman–Crippen LogP) is 1.45. The maximum Gasteiger partial charge on any atom is 0.0165 e. The Kier molecular flexibility index (Phi) is 6.38. The maximum atomic E-state index is 4.06. The van der Waals surface area contributed by atoms with E-state index in [1.165, 1.54) is 0 Å². The van der Waals surface area contributed by atoms with Gasteiger partial charge in [0, 0.05) is 45.8 Å². The van der Waals surface area contributed by atoms with E-state index in [1.807, 2.05) is 0 Å². The Morgan fingerprint density at radius 2 is 2.25 bits per heavy atom. The van der Waals surface area contributed by atoms with E-state index in [1.54, 1.807) is 0 Å². The molecule has 0 spiro atoms. The van der Waals surface area contributed by atoms with Crippen molar-refractivity contribution in [3.8, 4) is 0 Å². The Bertz CT molecular complexity index is 145. The number of hydrogen-bond acceptors (Lipinski definition) is 2. The van der Waals surface area contributed by atoms with Crippen molar-refractivity contribution in [2.24, 2.45) is 10.9 Å². The number of aliphatic imine (C=N–C) groups is 1. The van der Waals surface area contributed by atoms with Crippen LogP contribution < -0.4 is 0 Å². The van der Waals surface area contributed by atoms with Gasteiger partial charge in [0.1, 0.15) is 0 Å². The van der Waals surface area contributed by atoms with Crippen LogP contribution in [-0.4, -0.2) is 30.4 Å². The van der Waals surface area contributed by atoms with Crippen molar-refractivity contribution >= 4 is 6.34 Å². The molecule has 1 heterocycles. The molecule has 1 atom stereocenters. The van der Waals surface area contributed by atoms with E-state index >= 15 is 0 Å². The van der Waals surface area contributed by atoms with Crippen molar-refractivity contribution in [2.75, 3.05) is 13.1 Å². The first-order chi connectivity index (χ1) is 5.20. The van der Waals surface area contributed by atoms with Gasteiger partial charge in [-0.3, -0.25) is 0 Å². The molecule has 0 amide bonds. The minimum absolute atomic E-state index is 0. The molecule has 0 saturated heterocycles. The van der Waals surface area contributed by atoms with E-state index < -0.39 is 0 Å². The largest absolute Gasteiger partial charge is 0.558 e. The average Bonchev–Trinajstić information content (AvgIpc) is 2.35. The molecule has 0 N–H and O–H groups in total. The van der Waals surface area contributed by atoms with Gasteiger partial charge < -0.3 is 23.2 Å². The molecule has 2 nitrogen and oxygen atoms in total. The second-order valence-electron chi connectivity index (χ2n) is 3.46. The predicted molar refractivity (Wildman–Crippen MR) is 47.6 cm³/mol. The van der Waals surface area contributed by atoms with Crippen LogP contribution >= 0.6 is 0 Å². The Morgan fingerprint density at radius 1 is 1.58 bits per heavy atom. The summed E-state index contributed by atoms with van der Waals surface area (Å²) >= 11 is 0. The number of rotatable bonds is 3. The standard InChI is InChI=1S/C9H16N2.Y/c1-8(2)6-9(3)11-5-4-10-7-11;/h8-9H,3-6H2,1-2H3;/q-2;. The molecule has 1 rings (SSSR count). The Hall–Kier alpha value is 0.574. The quantitative estimate of drug-likeness (QED) is 0.683. The van der Waals surface area contributed by atoms with Crippen molar-refractivity contribution < 1.29 is 32.7 Å². The first kappa shape index (κ1) is 12.6. The van der Waals surface area contributed by atoms with Crippen LogP contribution in [0.4, 0.5) is 0 Å². The van der Waals surface area contributed by atoms with Gasteiger partial charge in [-0.05, 0) is 5.92 Å². The Morgan fingerprint density at radius 3 is 2.67 bits per heavy atom. The maximum absolute atomic E-state index is 4.06. The number of nitrogens with zero attached hydrogens (tertiary/aromatic N) is 2. The molecule has 0 bridgehead atoms. The van der Waals surface area contributed by atoms with Crippen LogP contribution in [0.2, 0.25) is 0 Å². The van der Waals surface area contributed by atoms with Crippen LogP contribution in [0.15, 0.2) is 4.99 Å². The summed E-state index contributed by atoms with van der Waals surface area (Å²) in [6, 6.07) is 0.362. The summed E-state index contributed by atoms with van der Waals surface area (Å²) in [7, 11) is 0. The molecule has 12 heavy (non-hydrogen) atoms. The van der Waals surface area contributed by atoms with Crippen LogP contribution in [0.3, 0.4) is 0 Å². The van der Waals surface area contributed by atoms with E-state index in [2.05, 4.69) is 37.0 Å². The van der Waals surface area contributed by atoms with Crippen molar-refractivity contribution in [1.29, 1.82) is 0 Å².